The molecule has 0 fully saturated rings. The maximum atomic E-state index is 13.2. The lowest BCUT2D eigenvalue weighted by Gasteiger charge is -2.08. The second-order valence-corrected chi connectivity index (χ2v) is 7.86. The Labute approximate surface area is 187 Å². The zero-order chi connectivity index (χ0) is 22.8. The first-order valence-electron chi connectivity index (χ1n) is 11.4. The van der Waals surface area contributed by atoms with Gasteiger partial charge in [-0.25, -0.2) is 0 Å². The van der Waals surface area contributed by atoms with Gasteiger partial charge in [-0.2, -0.15) is 0 Å². The molecule has 1 aromatic heterocycles. The van der Waals surface area contributed by atoms with E-state index in [0.29, 0.717) is 18.5 Å². The number of nitrogens with one attached hydrogen (secondary N) is 1. The minimum Gasteiger partial charge on any atom is -0.499 e. The monoisotopic (exact) mass is 422 g/mol. The van der Waals surface area contributed by atoms with Gasteiger partial charge in [0.25, 0.3) is 5.91 Å². The van der Waals surface area contributed by atoms with Crippen molar-refractivity contribution in [2.45, 2.75) is 72.9 Å². The molecule has 0 aliphatic carbocycles. The van der Waals surface area contributed by atoms with E-state index < -0.39 is 0 Å². The average molecular weight is 423 g/mol. The SMILES string of the molecule is C=CC/C=c1/c(C(=O)NCc2ccc(CC)c(C)c2)cn(CCCC)/c1=C(/CC)OC. The van der Waals surface area contributed by atoms with Gasteiger partial charge in [-0.15, -0.1) is 6.58 Å². The maximum absolute atomic E-state index is 13.2. The Bertz CT molecular complexity index is 1010. The molecule has 0 spiro atoms. The third kappa shape index (κ3) is 6.13. The molecule has 0 atom stereocenters. The predicted molar refractivity (Wildman–Crippen MR) is 130 cm³/mol. The van der Waals surface area contributed by atoms with E-state index in [1.165, 1.54) is 11.1 Å². The smallest absolute Gasteiger partial charge is 0.253 e. The van der Waals surface area contributed by atoms with Crippen molar-refractivity contribution in [3.05, 3.63) is 69.9 Å². The molecule has 0 aliphatic heterocycles. The van der Waals surface area contributed by atoms with Crippen LogP contribution < -0.4 is 15.9 Å². The quantitative estimate of drug-likeness (QED) is 0.538. The number of benzene rings is 1. The number of carbonyl (C=O) groups excluding carboxylic acids is 1. The topological polar surface area (TPSA) is 43.3 Å². The van der Waals surface area contributed by atoms with Crippen molar-refractivity contribution in [3.63, 3.8) is 0 Å². The van der Waals surface area contributed by atoms with Gasteiger partial charge in [0.05, 0.1) is 18.0 Å². The van der Waals surface area contributed by atoms with E-state index >= 15 is 0 Å². The molecule has 0 bridgehead atoms. The zero-order valence-electron chi connectivity index (χ0n) is 19.9. The van der Waals surface area contributed by atoms with Gasteiger partial charge in [-0.3, -0.25) is 4.79 Å². The molecule has 0 saturated carbocycles. The normalized spacial score (nSPS) is 12.6. The molecule has 1 N–H and O–H groups in total. The van der Waals surface area contributed by atoms with Crippen LogP contribution in [0, 0.1) is 6.92 Å². The van der Waals surface area contributed by atoms with Crippen LogP contribution in [0.3, 0.4) is 0 Å². The molecule has 168 valence electrons. The number of unbranched alkanes of at least 4 members (excludes halogenated alkanes) is 1. The van der Waals surface area contributed by atoms with Gasteiger partial charge in [-0.1, -0.05) is 57.5 Å². The Morgan fingerprint density at radius 2 is 2.03 bits per heavy atom. The molecule has 2 rings (SSSR count). The number of hydrogen-bond donors (Lipinski definition) is 1. The lowest BCUT2D eigenvalue weighted by atomic mass is 10.0. The number of rotatable bonds is 11. The fraction of sp³-hybridized carbons (Fsp3) is 0.444. The average Bonchev–Trinajstić information content (AvgIpc) is 3.13. The summed E-state index contributed by atoms with van der Waals surface area (Å²) in [7, 11) is 1.70. The maximum Gasteiger partial charge on any atom is 0.253 e. The highest BCUT2D eigenvalue weighted by Crippen LogP contribution is 2.12. The van der Waals surface area contributed by atoms with E-state index in [0.717, 1.165) is 54.1 Å². The highest BCUT2D eigenvalue weighted by molar-refractivity contribution is 5.94. The predicted octanol–water partition coefficient (Wildman–Crippen LogP) is 4.61. The second-order valence-electron chi connectivity index (χ2n) is 7.86. The summed E-state index contributed by atoms with van der Waals surface area (Å²) in [6.45, 7) is 13.7. The molecule has 1 heterocycles. The summed E-state index contributed by atoms with van der Waals surface area (Å²) in [5, 5.41) is 5.06. The van der Waals surface area contributed by atoms with E-state index in [4.69, 9.17) is 4.74 Å². The number of nitrogens with zero attached hydrogens (tertiary/aromatic N) is 1. The van der Waals surface area contributed by atoms with Crippen molar-refractivity contribution in [3.8, 4) is 0 Å². The fourth-order valence-electron chi connectivity index (χ4n) is 3.93. The van der Waals surface area contributed by atoms with Crippen molar-refractivity contribution in [1.29, 1.82) is 0 Å². The van der Waals surface area contributed by atoms with Crippen molar-refractivity contribution >= 4 is 17.7 Å². The Balaban J connectivity index is 2.46. The molecule has 0 saturated heterocycles. The summed E-state index contributed by atoms with van der Waals surface area (Å²) in [4.78, 5) is 13.2. The number of ether oxygens (including phenoxy) is 1. The Morgan fingerprint density at radius 3 is 2.61 bits per heavy atom. The highest BCUT2D eigenvalue weighted by Gasteiger charge is 2.15. The number of hydrogen-bond acceptors (Lipinski definition) is 2. The summed E-state index contributed by atoms with van der Waals surface area (Å²) in [6.07, 6.45) is 10.5. The molecule has 1 amide bonds. The van der Waals surface area contributed by atoms with Gasteiger partial charge in [0.1, 0.15) is 5.76 Å². The van der Waals surface area contributed by atoms with Crippen molar-refractivity contribution < 1.29 is 9.53 Å². The Hall–Kier alpha value is -2.75. The number of amides is 1. The van der Waals surface area contributed by atoms with E-state index in [2.05, 4.69) is 68.4 Å². The molecule has 0 radical (unpaired) electrons. The van der Waals surface area contributed by atoms with Gasteiger partial charge in [-0.05, 0) is 42.9 Å². The van der Waals surface area contributed by atoms with E-state index in [-0.39, 0.29) is 5.91 Å². The number of allylic oxidation sites excluding steroid dienone is 1. The summed E-state index contributed by atoms with van der Waals surface area (Å²) < 4.78 is 7.88. The van der Waals surface area contributed by atoms with Crippen LogP contribution in [0.25, 0.3) is 11.8 Å². The van der Waals surface area contributed by atoms with Crippen molar-refractivity contribution in [2.24, 2.45) is 0 Å². The van der Waals surface area contributed by atoms with Crippen molar-refractivity contribution in [1.82, 2.24) is 9.88 Å². The molecule has 2 aromatic rings. The third-order valence-electron chi connectivity index (χ3n) is 5.68. The summed E-state index contributed by atoms with van der Waals surface area (Å²) in [6, 6.07) is 6.42. The van der Waals surface area contributed by atoms with E-state index in [9.17, 15) is 4.79 Å². The van der Waals surface area contributed by atoms with Gasteiger partial charge >= 0.3 is 0 Å². The lowest BCUT2D eigenvalue weighted by molar-refractivity contribution is 0.0950. The third-order valence-corrected chi connectivity index (χ3v) is 5.68. The lowest BCUT2D eigenvalue weighted by Crippen LogP contribution is -2.36. The largest absolute Gasteiger partial charge is 0.499 e. The summed E-state index contributed by atoms with van der Waals surface area (Å²) >= 11 is 0. The number of carbonyl (C=O) groups is 1. The van der Waals surface area contributed by atoms with Crippen LogP contribution in [0.15, 0.2) is 37.1 Å². The van der Waals surface area contributed by atoms with Crippen LogP contribution in [-0.4, -0.2) is 17.6 Å². The van der Waals surface area contributed by atoms with Gasteiger partial charge < -0.3 is 14.6 Å². The van der Waals surface area contributed by atoms with Gasteiger partial charge in [0, 0.05) is 30.9 Å². The summed E-state index contributed by atoms with van der Waals surface area (Å²) in [5.41, 5.74) is 4.42. The first kappa shape index (κ1) is 24.5. The van der Waals surface area contributed by atoms with Gasteiger partial charge in [0.15, 0.2) is 0 Å². The molecule has 4 nitrogen and oxygen atoms in total. The fourth-order valence-corrected chi connectivity index (χ4v) is 3.93. The van der Waals surface area contributed by atoms with Crippen molar-refractivity contribution in [2.75, 3.05) is 7.11 Å². The Kier molecular flexibility index (Phi) is 9.64. The highest BCUT2D eigenvalue weighted by atomic mass is 16.5. The minimum atomic E-state index is -0.0596. The number of methoxy groups -OCH3 is 1. The molecular weight excluding hydrogens is 384 g/mol. The van der Waals surface area contributed by atoms with Crippen LogP contribution in [0.2, 0.25) is 0 Å². The number of aromatic nitrogens is 1. The van der Waals surface area contributed by atoms with Crippen LogP contribution in [0.1, 0.15) is 73.5 Å². The number of aryl methyl sites for hydroxylation is 3. The molecule has 0 unspecified atom stereocenters. The van der Waals surface area contributed by atoms with E-state index in [1.54, 1.807) is 7.11 Å². The van der Waals surface area contributed by atoms with Crippen LogP contribution in [0.5, 0.6) is 0 Å². The van der Waals surface area contributed by atoms with Crippen LogP contribution in [0.4, 0.5) is 0 Å². The van der Waals surface area contributed by atoms with Crippen LogP contribution in [-0.2, 0) is 24.2 Å². The molecule has 31 heavy (non-hydrogen) atoms. The first-order chi connectivity index (χ1) is 15.0. The van der Waals surface area contributed by atoms with Crippen LogP contribution >= 0.6 is 0 Å². The summed E-state index contributed by atoms with van der Waals surface area (Å²) in [5.74, 6) is 0.840. The minimum absolute atomic E-state index is 0.0596. The molecule has 0 aliphatic rings. The van der Waals surface area contributed by atoms with Gasteiger partial charge in [0.2, 0.25) is 0 Å². The molecular formula is C27H38N2O2. The Morgan fingerprint density at radius 1 is 1.26 bits per heavy atom. The second kappa shape index (κ2) is 12.2. The molecule has 1 aromatic carbocycles. The first-order valence-corrected chi connectivity index (χ1v) is 11.4. The standard InChI is InChI=1S/C27H38N2O2/c1-7-11-13-23-24(19-29(16-12-8-2)26(23)25(10-4)31-6)27(30)28-18-21-14-15-22(9-3)20(5)17-21/h7,13-15,17,19H,1,8-12,16,18H2,2-6H3,(H,28,30)/b23-13-,26-25-. The molecule has 4 heteroatoms. The zero-order valence-corrected chi connectivity index (χ0v) is 19.9. The van der Waals surface area contributed by atoms with E-state index in [1.807, 2.05) is 12.3 Å².